The first-order valence-corrected chi connectivity index (χ1v) is 9.09. The Morgan fingerprint density at radius 3 is 2.92 bits per heavy atom. The average Bonchev–Trinajstić information content (AvgIpc) is 3.14. The summed E-state index contributed by atoms with van der Waals surface area (Å²) in [5.41, 5.74) is 0. The van der Waals surface area contributed by atoms with Gasteiger partial charge in [0.05, 0.1) is 6.54 Å². The monoisotopic (exact) mass is 362 g/mol. The van der Waals surface area contributed by atoms with Gasteiger partial charge in [-0.1, -0.05) is 6.07 Å². The molecule has 1 N–H and O–H groups in total. The van der Waals surface area contributed by atoms with E-state index in [9.17, 15) is 13.2 Å². The molecule has 1 aliphatic rings. The molecule has 0 radical (unpaired) electrons. The average molecular weight is 362 g/mol. The van der Waals surface area contributed by atoms with Crippen LogP contribution in [-0.4, -0.2) is 67.7 Å². The maximum Gasteiger partial charge on any atom is 0.401 e. The zero-order valence-corrected chi connectivity index (χ0v) is 15.0. The Bertz CT molecular complexity index is 516. The molecule has 2 heterocycles. The van der Waals surface area contributed by atoms with Crippen molar-refractivity contribution < 1.29 is 13.2 Å². The van der Waals surface area contributed by atoms with Gasteiger partial charge < -0.3 is 10.2 Å². The third-order valence-electron chi connectivity index (χ3n) is 3.95. The molecule has 0 saturated carbocycles. The lowest BCUT2D eigenvalue weighted by molar-refractivity contribution is -0.143. The first-order chi connectivity index (χ1) is 11.4. The maximum atomic E-state index is 12.5. The molecule has 8 heteroatoms. The van der Waals surface area contributed by atoms with E-state index in [1.807, 2.05) is 20.0 Å². The highest BCUT2D eigenvalue weighted by Gasteiger charge is 2.34. The Morgan fingerprint density at radius 1 is 1.50 bits per heavy atom. The van der Waals surface area contributed by atoms with Gasteiger partial charge in [-0.15, -0.1) is 11.3 Å². The lowest BCUT2D eigenvalue weighted by atomic mass is 10.2. The maximum absolute atomic E-state index is 12.5. The van der Waals surface area contributed by atoms with E-state index in [0.717, 1.165) is 18.9 Å². The summed E-state index contributed by atoms with van der Waals surface area (Å²) in [4.78, 5) is 9.30. The number of alkyl halides is 3. The van der Waals surface area contributed by atoms with E-state index < -0.39 is 12.7 Å². The Kier molecular flexibility index (Phi) is 6.91. The van der Waals surface area contributed by atoms with Gasteiger partial charge in [0.2, 0.25) is 0 Å². The summed E-state index contributed by atoms with van der Waals surface area (Å²) in [6.45, 7) is 3.46. The van der Waals surface area contributed by atoms with Crippen LogP contribution in [-0.2, 0) is 6.42 Å². The summed E-state index contributed by atoms with van der Waals surface area (Å²) >= 11 is 1.73. The number of hydrogen-bond acceptors (Lipinski definition) is 3. The van der Waals surface area contributed by atoms with Crippen LogP contribution in [0.1, 0.15) is 18.2 Å². The summed E-state index contributed by atoms with van der Waals surface area (Å²) in [7, 11) is 1.97. The minimum Gasteiger partial charge on any atom is -0.352 e. The topological polar surface area (TPSA) is 30.9 Å². The Balaban J connectivity index is 1.83. The van der Waals surface area contributed by atoms with Crippen molar-refractivity contribution in [3.63, 3.8) is 0 Å². The van der Waals surface area contributed by atoms with E-state index in [4.69, 9.17) is 0 Å². The standard InChI is InChI=1S/C16H25F3N4S/c1-3-20-15(22(2)8-7-14-5-4-10-24-14)21-13-6-9-23(11-13)12-16(17,18)19/h4-5,10,13H,3,6-9,11-12H2,1-2H3,(H,20,21). The Morgan fingerprint density at radius 2 is 2.29 bits per heavy atom. The van der Waals surface area contributed by atoms with Crippen molar-refractivity contribution >= 4 is 17.3 Å². The van der Waals surface area contributed by atoms with E-state index in [2.05, 4.69) is 26.7 Å². The number of hydrogen-bond donors (Lipinski definition) is 1. The predicted octanol–water partition coefficient (Wildman–Crippen LogP) is 2.82. The SMILES string of the molecule is CCN=C(NC1CCN(CC(F)(F)F)C1)N(C)CCc1cccs1. The number of thiophene rings is 1. The summed E-state index contributed by atoms with van der Waals surface area (Å²) in [5.74, 6) is 0.771. The first-order valence-electron chi connectivity index (χ1n) is 8.21. The van der Waals surface area contributed by atoms with Crippen LogP contribution in [0.2, 0.25) is 0 Å². The van der Waals surface area contributed by atoms with Crippen LogP contribution in [0.4, 0.5) is 13.2 Å². The van der Waals surface area contributed by atoms with E-state index >= 15 is 0 Å². The molecule has 1 atom stereocenters. The molecule has 1 aliphatic heterocycles. The number of likely N-dealkylation sites (tertiary alicyclic amines) is 1. The number of guanidine groups is 1. The summed E-state index contributed by atoms with van der Waals surface area (Å²) in [6.07, 6.45) is -2.49. The molecule has 1 unspecified atom stereocenters. The first kappa shape index (κ1) is 19.1. The largest absolute Gasteiger partial charge is 0.401 e. The van der Waals surface area contributed by atoms with Crippen LogP contribution in [0, 0.1) is 0 Å². The second-order valence-electron chi connectivity index (χ2n) is 6.03. The molecular formula is C16H25F3N4S. The molecule has 1 saturated heterocycles. The van der Waals surface area contributed by atoms with E-state index in [0.29, 0.717) is 26.1 Å². The van der Waals surface area contributed by atoms with Gasteiger partial charge in [0.1, 0.15) is 0 Å². The number of nitrogens with one attached hydrogen (secondary N) is 1. The molecule has 0 aliphatic carbocycles. The molecule has 0 amide bonds. The highest BCUT2D eigenvalue weighted by molar-refractivity contribution is 7.09. The minimum absolute atomic E-state index is 0.0156. The number of nitrogens with zero attached hydrogens (tertiary/aromatic N) is 3. The molecule has 4 nitrogen and oxygen atoms in total. The second-order valence-corrected chi connectivity index (χ2v) is 7.06. The van der Waals surface area contributed by atoms with Gasteiger partial charge in [-0.2, -0.15) is 13.2 Å². The molecule has 0 bridgehead atoms. The van der Waals surface area contributed by atoms with Gasteiger partial charge in [0.15, 0.2) is 5.96 Å². The lowest BCUT2D eigenvalue weighted by Gasteiger charge is -2.25. The lowest BCUT2D eigenvalue weighted by Crippen LogP contribution is -2.46. The fourth-order valence-corrected chi connectivity index (χ4v) is 3.49. The smallest absolute Gasteiger partial charge is 0.352 e. The highest BCUT2D eigenvalue weighted by Crippen LogP contribution is 2.20. The summed E-state index contributed by atoms with van der Waals surface area (Å²) in [5, 5.41) is 5.39. The fraction of sp³-hybridized carbons (Fsp3) is 0.688. The summed E-state index contributed by atoms with van der Waals surface area (Å²) in [6, 6.07) is 4.16. The zero-order chi connectivity index (χ0) is 17.6. The van der Waals surface area contributed by atoms with Crippen molar-refractivity contribution in [2.45, 2.75) is 32.0 Å². The second kappa shape index (κ2) is 8.71. The van der Waals surface area contributed by atoms with E-state index in [-0.39, 0.29) is 6.04 Å². The molecule has 1 aromatic rings. The number of halogens is 3. The van der Waals surface area contributed by atoms with Crippen molar-refractivity contribution in [1.82, 2.24) is 15.1 Å². The third-order valence-corrected chi connectivity index (χ3v) is 4.89. The van der Waals surface area contributed by atoms with E-state index in [1.165, 1.54) is 9.78 Å². The minimum atomic E-state index is -4.13. The highest BCUT2D eigenvalue weighted by atomic mass is 32.1. The quantitative estimate of drug-likeness (QED) is 0.624. The van der Waals surface area contributed by atoms with Crippen molar-refractivity contribution in [2.75, 3.05) is 39.8 Å². The normalized spacial score (nSPS) is 19.7. The van der Waals surface area contributed by atoms with Crippen molar-refractivity contribution in [3.8, 4) is 0 Å². The van der Waals surface area contributed by atoms with E-state index in [1.54, 1.807) is 11.3 Å². The zero-order valence-electron chi connectivity index (χ0n) is 14.1. The predicted molar refractivity (Wildman–Crippen MR) is 92.7 cm³/mol. The Labute approximate surface area is 145 Å². The van der Waals surface area contributed by atoms with Gasteiger partial charge in [-0.05, 0) is 31.2 Å². The Hall–Kier alpha value is -1.28. The number of aliphatic imine (C=N–C) groups is 1. The van der Waals surface area contributed by atoms with Gasteiger partial charge >= 0.3 is 6.18 Å². The molecule has 1 aromatic heterocycles. The summed E-state index contributed by atoms with van der Waals surface area (Å²) < 4.78 is 37.5. The molecule has 24 heavy (non-hydrogen) atoms. The van der Waals surface area contributed by atoms with Gasteiger partial charge in [0.25, 0.3) is 0 Å². The number of likely N-dealkylation sites (N-methyl/N-ethyl adjacent to an activating group) is 1. The molecule has 1 fully saturated rings. The van der Waals surface area contributed by atoms with Crippen LogP contribution in [0.5, 0.6) is 0 Å². The molecule has 0 aromatic carbocycles. The number of rotatable bonds is 6. The third kappa shape index (κ3) is 6.32. The molecule has 136 valence electrons. The van der Waals surface area contributed by atoms with Gasteiger partial charge in [-0.3, -0.25) is 9.89 Å². The van der Waals surface area contributed by atoms with Crippen molar-refractivity contribution in [2.24, 2.45) is 4.99 Å². The van der Waals surface area contributed by atoms with Crippen molar-refractivity contribution in [1.29, 1.82) is 0 Å². The fourth-order valence-electron chi connectivity index (χ4n) is 2.80. The molecular weight excluding hydrogens is 337 g/mol. The van der Waals surface area contributed by atoms with Crippen LogP contribution in [0.3, 0.4) is 0 Å². The van der Waals surface area contributed by atoms with Crippen LogP contribution >= 0.6 is 11.3 Å². The van der Waals surface area contributed by atoms with Gasteiger partial charge in [-0.25, -0.2) is 0 Å². The van der Waals surface area contributed by atoms with Crippen LogP contribution in [0.25, 0.3) is 0 Å². The van der Waals surface area contributed by atoms with Crippen LogP contribution in [0.15, 0.2) is 22.5 Å². The molecule has 0 spiro atoms. The van der Waals surface area contributed by atoms with Gasteiger partial charge in [0, 0.05) is 44.1 Å². The van der Waals surface area contributed by atoms with Crippen LogP contribution < -0.4 is 5.32 Å². The molecule has 2 rings (SSSR count). The van der Waals surface area contributed by atoms with Crippen molar-refractivity contribution in [3.05, 3.63) is 22.4 Å².